The molecule has 2 heteroatoms. The van der Waals surface area contributed by atoms with Crippen LogP contribution in [0.1, 0.15) is 43.6 Å². The van der Waals surface area contributed by atoms with Crippen LogP contribution in [0.3, 0.4) is 0 Å². The number of piperidine rings is 1. The summed E-state index contributed by atoms with van der Waals surface area (Å²) < 4.78 is 0. The Labute approximate surface area is 92.3 Å². The van der Waals surface area contributed by atoms with Crippen molar-refractivity contribution in [3.05, 3.63) is 29.6 Å². The van der Waals surface area contributed by atoms with Crippen molar-refractivity contribution >= 4 is 0 Å². The third kappa shape index (κ3) is 2.37. The van der Waals surface area contributed by atoms with Gasteiger partial charge in [0, 0.05) is 5.69 Å². The summed E-state index contributed by atoms with van der Waals surface area (Å²) in [5.74, 6) is 0. The van der Waals surface area contributed by atoms with Gasteiger partial charge in [0.25, 0.3) is 0 Å². The molecule has 0 N–H and O–H groups in total. The molecule has 0 spiro atoms. The van der Waals surface area contributed by atoms with E-state index in [9.17, 15) is 0 Å². The zero-order valence-electron chi connectivity index (χ0n) is 9.74. The summed E-state index contributed by atoms with van der Waals surface area (Å²) in [4.78, 5) is 7.20. The van der Waals surface area contributed by atoms with Crippen LogP contribution in [0, 0.1) is 6.92 Å². The summed E-state index contributed by atoms with van der Waals surface area (Å²) in [6, 6.07) is 6.93. The first-order chi connectivity index (χ1) is 7.31. The fourth-order valence-corrected chi connectivity index (χ4v) is 2.45. The number of nitrogens with zero attached hydrogens (tertiary/aromatic N) is 2. The summed E-state index contributed by atoms with van der Waals surface area (Å²) in [7, 11) is 0. The van der Waals surface area contributed by atoms with Crippen molar-refractivity contribution in [3.8, 4) is 0 Å². The molecule has 2 nitrogen and oxygen atoms in total. The lowest BCUT2D eigenvalue weighted by Gasteiger charge is -2.34. The van der Waals surface area contributed by atoms with Crippen LogP contribution < -0.4 is 0 Å². The monoisotopic (exact) mass is 204 g/mol. The Hall–Kier alpha value is -0.890. The Balaban J connectivity index is 2.20. The maximum absolute atomic E-state index is 4.65. The zero-order chi connectivity index (χ0) is 10.7. The molecule has 0 aromatic carbocycles. The van der Waals surface area contributed by atoms with Gasteiger partial charge in [-0.05, 0) is 45.0 Å². The molecule has 0 radical (unpaired) electrons. The van der Waals surface area contributed by atoms with Crippen LogP contribution in [-0.4, -0.2) is 23.0 Å². The minimum absolute atomic E-state index is 0.559. The highest BCUT2D eigenvalue weighted by atomic mass is 15.2. The molecular weight excluding hydrogens is 184 g/mol. The van der Waals surface area contributed by atoms with Gasteiger partial charge in [0.15, 0.2) is 0 Å². The second-order valence-corrected chi connectivity index (χ2v) is 4.34. The fraction of sp³-hybridized carbons (Fsp3) is 0.615. The predicted octanol–water partition coefficient (Wildman–Crippen LogP) is 2.94. The van der Waals surface area contributed by atoms with Crippen molar-refractivity contribution in [1.82, 2.24) is 9.88 Å². The molecule has 1 saturated heterocycles. The summed E-state index contributed by atoms with van der Waals surface area (Å²) in [5, 5.41) is 0. The van der Waals surface area contributed by atoms with Crippen LogP contribution >= 0.6 is 0 Å². The predicted molar refractivity (Wildman–Crippen MR) is 62.8 cm³/mol. The molecule has 1 atom stereocenters. The molecule has 2 heterocycles. The van der Waals surface area contributed by atoms with Crippen LogP contribution in [0.4, 0.5) is 0 Å². The van der Waals surface area contributed by atoms with Crippen LogP contribution in [0.2, 0.25) is 0 Å². The van der Waals surface area contributed by atoms with E-state index < -0.39 is 0 Å². The van der Waals surface area contributed by atoms with Crippen LogP contribution in [0.15, 0.2) is 18.2 Å². The lowest BCUT2D eigenvalue weighted by Crippen LogP contribution is -2.33. The zero-order valence-corrected chi connectivity index (χ0v) is 9.74. The first-order valence-electron chi connectivity index (χ1n) is 5.99. The van der Waals surface area contributed by atoms with Crippen molar-refractivity contribution in [2.45, 2.75) is 39.2 Å². The van der Waals surface area contributed by atoms with E-state index in [2.05, 4.69) is 41.9 Å². The SMILES string of the molecule is CCN1CCCCC1c1cccc(C)n1. The highest BCUT2D eigenvalue weighted by Crippen LogP contribution is 2.29. The van der Waals surface area contributed by atoms with Gasteiger partial charge in [-0.25, -0.2) is 0 Å². The summed E-state index contributed by atoms with van der Waals surface area (Å²) in [6.45, 7) is 6.69. The summed E-state index contributed by atoms with van der Waals surface area (Å²) in [6.07, 6.45) is 3.96. The Kier molecular flexibility index (Phi) is 3.37. The Morgan fingerprint density at radius 1 is 1.40 bits per heavy atom. The number of hydrogen-bond acceptors (Lipinski definition) is 2. The summed E-state index contributed by atoms with van der Waals surface area (Å²) >= 11 is 0. The normalized spacial score (nSPS) is 22.9. The number of likely N-dealkylation sites (tertiary alicyclic amines) is 1. The van der Waals surface area contributed by atoms with Gasteiger partial charge in [-0.15, -0.1) is 0 Å². The van der Waals surface area contributed by atoms with Gasteiger partial charge in [0.05, 0.1) is 11.7 Å². The molecule has 82 valence electrons. The average Bonchev–Trinajstić information content (AvgIpc) is 2.29. The largest absolute Gasteiger partial charge is 0.295 e. The molecule has 1 aromatic rings. The van der Waals surface area contributed by atoms with Gasteiger partial charge < -0.3 is 0 Å². The van der Waals surface area contributed by atoms with Crippen molar-refractivity contribution in [2.24, 2.45) is 0 Å². The van der Waals surface area contributed by atoms with Crippen LogP contribution in [0.5, 0.6) is 0 Å². The molecule has 0 aliphatic carbocycles. The molecular formula is C13H20N2. The van der Waals surface area contributed by atoms with Crippen molar-refractivity contribution in [1.29, 1.82) is 0 Å². The second-order valence-electron chi connectivity index (χ2n) is 4.34. The lowest BCUT2D eigenvalue weighted by molar-refractivity contribution is 0.153. The molecule has 1 aliphatic rings. The quantitative estimate of drug-likeness (QED) is 0.736. The standard InChI is InChI=1S/C13H20N2/c1-3-15-10-5-4-9-13(15)12-8-6-7-11(2)14-12/h6-8,13H,3-5,9-10H2,1-2H3. The molecule has 0 saturated carbocycles. The van der Waals surface area contributed by atoms with Gasteiger partial charge >= 0.3 is 0 Å². The molecule has 2 rings (SSSR count). The number of hydrogen-bond donors (Lipinski definition) is 0. The second kappa shape index (κ2) is 4.75. The molecule has 0 bridgehead atoms. The maximum atomic E-state index is 4.65. The highest BCUT2D eigenvalue weighted by Gasteiger charge is 2.23. The molecule has 1 aromatic heterocycles. The third-order valence-electron chi connectivity index (χ3n) is 3.27. The molecule has 0 amide bonds. The van der Waals surface area contributed by atoms with E-state index in [1.165, 1.54) is 31.5 Å². The molecule has 15 heavy (non-hydrogen) atoms. The summed E-state index contributed by atoms with van der Waals surface area (Å²) in [5.41, 5.74) is 2.39. The van der Waals surface area contributed by atoms with E-state index in [-0.39, 0.29) is 0 Å². The first-order valence-corrected chi connectivity index (χ1v) is 5.99. The Bertz CT molecular complexity index is 322. The lowest BCUT2D eigenvalue weighted by atomic mass is 9.99. The van der Waals surface area contributed by atoms with Gasteiger partial charge in [0.1, 0.15) is 0 Å². The van der Waals surface area contributed by atoms with E-state index in [4.69, 9.17) is 0 Å². The first kappa shape index (κ1) is 10.6. The van der Waals surface area contributed by atoms with Crippen LogP contribution in [0.25, 0.3) is 0 Å². The van der Waals surface area contributed by atoms with Gasteiger partial charge in [-0.3, -0.25) is 9.88 Å². The molecule has 1 aliphatic heterocycles. The topological polar surface area (TPSA) is 16.1 Å². The number of aryl methyl sites for hydroxylation is 1. The minimum atomic E-state index is 0.559. The third-order valence-corrected chi connectivity index (χ3v) is 3.27. The highest BCUT2D eigenvalue weighted by molar-refractivity contribution is 5.14. The number of rotatable bonds is 2. The van der Waals surface area contributed by atoms with E-state index in [1.807, 2.05) is 0 Å². The number of aromatic nitrogens is 1. The smallest absolute Gasteiger partial charge is 0.0578 e. The van der Waals surface area contributed by atoms with E-state index in [0.29, 0.717) is 6.04 Å². The van der Waals surface area contributed by atoms with E-state index >= 15 is 0 Å². The van der Waals surface area contributed by atoms with Crippen molar-refractivity contribution in [2.75, 3.05) is 13.1 Å². The Morgan fingerprint density at radius 3 is 3.00 bits per heavy atom. The van der Waals surface area contributed by atoms with E-state index in [1.54, 1.807) is 0 Å². The average molecular weight is 204 g/mol. The van der Waals surface area contributed by atoms with E-state index in [0.717, 1.165) is 12.2 Å². The van der Waals surface area contributed by atoms with Gasteiger partial charge in [-0.2, -0.15) is 0 Å². The number of pyridine rings is 1. The van der Waals surface area contributed by atoms with Crippen molar-refractivity contribution in [3.63, 3.8) is 0 Å². The van der Waals surface area contributed by atoms with Gasteiger partial charge in [0.2, 0.25) is 0 Å². The fourth-order valence-electron chi connectivity index (χ4n) is 2.45. The minimum Gasteiger partial charge on any atom is -0.295 e. The maximum Gasteiger partial charge on any atom is 0.0578 e. The Morgan fingerprint density at radius 2 is 2.27 bits per heavy atom. The molecule has 1 unspecified atom stereocenters. The molecule has 1 fully saturated rings. The van der Waals surface area contributed by atoms with Crippen LogP contribution in [-0.2, 0) is 0 Å². The van der Waals surface area contributed by atoms with Gasteiger partial charge in [-0.1, -0.05) is 19.4 Å². The van der Waals surface area contributed by atoms with Crippen molar-refractivity contribution < 1.29 is 0 Å².